The maximum absolute atomic E-state index is 5.53. The number of benzene rings is 1. The highest BCUT2D eigenvalue weighted by molar-refractivity contribution is 8.21. The smallest absolute Gasteiger partial charge is 0.160 e. The lowest BCUT2D eigenvalue weighted by Gasteiger charge is -2.48. The number of thioether (sulfide) groups is 2. The van der Waals surface area contributed by atoms with Gasteiger partial charge in [-0.1, -0.05) is 6.07 Å². The molecule has 2 atom stereocenters. The predicted molar refractivity (Wildman–Crippen MR) is 108 cm³/mol. The highest BCUT2D eigenvalue weighted by atomic mass is 32.2. The molecule has 5 heteroatoms. The number of ether oxygens (including phenoxy) is 2. The molecule has 0 unspecified atom stereocenters. The van der Waals surface area contributed by atoms with Crippen molar-refractivity contribution in [2.75, 3.05) is 39.3 Å². The van der Waals surface area contributed by atoms with Crippen molar-refractivity contribution >= 4 is 23.5 Å². The van der Waals surface area contributed by atoms with Gasteiger partial charge in [-0.25, -0.2) is 0 Å². The average molecular weight is 380 g/mol. The van der Waals surface area contributed by atoms with E-state index >= 15 is 0 Å². The Balaban J connectivity index is 1.58. The van der Waals surface area contributed by atoms with Gasteiger partial charge < -0.3 is 14.4 Å². The summed E-state index contributed by atoms with van der Waals surface area (Å²) in [5.74, 6) is 4.35. The molecule has 2 saturated heterocycles. The monoisotopic (exact) mass is 379 g/mol. The van der Waals surface area contributed by atoms with Gasteiger partial charge in [-0.2, -0.15) is 0 Å². The summed E-state index contributed by atoms with van der Waals surface area (Å²) in [4.78, 5) is 2.64. The van der Waals surface area contributed by atoms with Crippen LogP contribution in [0.25, 0.3) is 0 Å². The van der Waals surface area contributed by atoms with Gasteiger partial charge in [-0.05, 0) is 68.8 Å². The zero-order chi connectivity index (χ0) is 17.5. The third kappa shape index (κ3) is 3.17. The van der Waals surface area contributed by atoms with Crippen LogP contribution in [0, 0.1) is 5.41 Å². The van der Waals surface area contributed by atoms with Crippen LogP contribution < -0.4 is 9.47 Å². The molecule has 0 radical (unpaired) electrons. The van der Waals surface area contributed by atoms with E-state index in [9.17, 15) is 0 Å². The number of fused-ring (bicyclic) bond motifs is 1. The zero-order valence-corrected chi connectivity index (χ0v) is 17.2. The summed E-state index contributed by atoms with van der Waals surface area (Å²) < 4.78 is 11.4. The van der Waals surface area contributed by atoms with Crippen LogP contribution in [0.3, 0.4) is 0 Å². The van der Waals surface area contributed by atoms with E-state index in [1.165, 1.54) is 49.3 Å². The number of hydrogen-bond donors (Lipinski definition) is 0. The fourth-order valence-electron chi connectivity index (χ4n) is 5.14. The summed E-state index contributed by atoms with van der Waals surface area (Å²) in [6, 6.07) is 7.19. The minimum absolute atomic E-state index is 0.434. The van der Waals surface area contributed by atoms with Gasteiger partial charge in [0.2, 0.25) is 0 Å². The molecular weight excluding hydrogens is 350 g/mol. The summed E-state index contributed by atoms with van der Waals surface area (Å²) in [7, 11) is 5.77. The van der Waals surface area contributed by atoms with E-state index in [0.717, 1.165) is 17.9 Å². The van der Waals surface area contributed by atoms with E-state index in [2.05, 4.69) is 53.7 Å². The van der Waals surface area contributed by atoms with Gasteiger partial charge >= 0.3 is 0 Å². The topological polar surface area (TPSA) is 21.7 Å². The Labute approximate surface area is 160 Å². The number of likely N-dealkylation sites (tertiary alicyclic amines) is 1. The number of nitrogens with zero attached hydrogens (tertiary/aromatic N) is 1. The van der Waals surface area contributed by atoms with Gasteiger partial charge in [0.15, 0.2) is 11.5 Å². The second-order valence-electron chi connectivity index (χ2n) is 7.79. The van der Waals surface area contributed by atoms with Gasteiger partial charge in [-0.15, -0.1) is 23.5 Å². The number of rotatable bonds is 4. The van der Waals surface area contributed by atoms with Crippen molar-refractivity contribution in [1.29, 1.82) is 0 Å². The van der Waals surface area contributed by atoms with Gasteiger partial charge in [0.25, 0.3) is 0 Å². The first-order valence-electron chi connectivity index (χ1n) is 9.29. The molecule has 4 rings (SSSR count). The van der Waals surface area contributed by atoms with Crippen molar-refractivity contribution in [3.63, 3.8) is 0 Å². The Morgan fingerprint density at radius 3 is 2.56 bits per heavy atom. The molecule has 25 heavy (non-hydrogen) atoms. The highest BCUT2D eigenvalue weighted by Gasteiger charge is 2.54. The molecule has 3 aliphatic rings. The van der Waals surface area contributed by atoms with Crippen LogP contribution in [0.4, 0.5) is 0 Å². The van der Waals surface area contributed by atoms with Crippen molar-refractivity contribution in [1.82, 2.24) is 4.90 Å². The molecule has 1 spiro atoms. The van der Waals surface area contributed by atoms with E-state index < -0.39 is 0 Å². The molecular formula is C20H29NO2S2. The summed E-state index contributed by atoms with van der Waals surface area (Å²) in [6.45, 7) is 1.24. The van der Waals surface area contributed by atoms with Crippen LogP contribution in [0.2, 0.25) is 0 Å². The molecule has 0 aromatic heterocycles. The van der Waals surface area contributed by atoms with E-state index in [1.807, 2.05) is 0 Å². The van der Waals surface area contributed by atoms with Gasteiger partial charge in [0.05, 0.1) is 18.3 Å². The van der Waals surface area contributed by atoms with E-state index in [-0.39, 0.29) is 0 Å². The number of methoxy groups -OCH3 is 2. The SMILES string of the molecule is COc1ccc(C[C@]23CCN(C)[C@H]2CC2(CC3)SCCS2)cc1OC. The third-order valence-corrected chi connectivity index (χ3v) is 10.1. The van der Waals surface area contributed by atoms with Crippen LogP contribution in [-0.4, -0.2) is 54.3 Å². The summed E-state index contributed by atoms with van der Waals surface area (Å²) in [5, 5.41) is 0. The first-order chi connectivity index (χ1) is 12.1. The Bertz CT molecular complexity index is 632. The van der Waals surface area contributed by atoms with Crippen LogP contribution in [0.1, 0.15) is 31.2 Å². The normalized spacial score (nSPS) is 31.2. The van der Waals surface area contributed by atoms with E-state index in [4.69, 9.17) is 9.47 Å². The molecule has 1 aromatic rings. The second-order valence-corrected chi connectivity index (χ2v) is 11.0. The lowest BCUT2D eigenvalue weighted by Crippen LogP contribution is -2.48. The summed E-state index contributed by atoms with van der Waals surface area (Å²) >= 11 is 4.46. The van der Waals surface area contributed by atoms with Crippen LogP contribution in [0.5, 0.6) is 11.5 Å². The largest absolute Gasteiger partial charge is 0.493 e. The van der Waals surface area contributed by atoms with Gasteiger partial charge in [-0.3, -0.25) is 0 Å². The lowest BCUT2D eigenvalue weighted by atomic mass is 9.67. The highest BCUT2D eigenvalue weighted by Crippen LogP contribution is 2.60. The molecule has 0 bridgehead atoms. The molecule has 138 valence electrons. The van der Waals surface area contributed by atoms with Crippen LogP contribution in [-0.2, 0) is 6.42 Å². The van der Waals surface area contributed by atoms with Crippen molar-refractivity contribution in [3.05, 3.63) is 23.8 Å². The van der Waals surface area contributed by atoms with Gasteiger partial charge in [0.1, 0.15) is 0 Å². The molecule has 3 fully saturated rings. The predicted octanol–water partition coefficient (Wildman–Crippen LogP) is 4.30. The van der Waals surface area contributed by atoms with E-state index in [1.54, 1.807) is 14.2 Å². The molecule has 2 aliphatic heterocycles. The minimum atomic E-state index is 0.434. The fraction of sp³-hybridized carbons (Fsp3) is 0.700. The minimum Gasteiger partial charge on any atom is -0.493 e. The van der Waals surface area contributed by atoms with Crippen molar-refractivity contribution in [3.8, 4) is 11.5 Å². The maximum Gasteiger partial charge on any atom is 0.160 e. The van der Waals surface area contributed by atoms with Crippen LogP contribution in [0.15, 0.2) is 18.2 Å². The van der Waals surface area contributed by atoms with E-state index in [0.29, 0.717) is 15.5 Å². The lowest BCUT2D eigenvalue weighted by molar-refractivity contribution is 0.113. The molecule has 0 amide bonds. The maximum atomic E-state index is 5.53. The Hall–Kier alpha value is -0.520. The summed E-state index contributed by atoms with van der Waals surface area (Å²) in [6.07, 6.45) is 6.57. The van der Waals surface area contributed by atoms with Crippen molar-refractivity contribution < 1.29 is 9.47 Å². The third-order valence-electron chi connectivity index (χ3n) is 6.53. The van der Waals surface area contributed by atoms with Crippen molar-refractivity contribution in [2.24, 2.45) is 5.41 Å². The number of hydrogen-bond acceptors (Lipinski definition) is 5. The molecule has 1 saturated carbocycles. The molecule has 2 heterocycles. The Morgan fingerprint density at radius 2 is 1.84 bits per heavy atom. The Kier molecular flexibility index (Phi) is 4.93. The quantitative estimate of drug-likeness (QED) is 0.776. The molecule has 1 aliphatic carbocycles. The Morgan fingerprint density at radius 1 is 1.08 bits per heavy atom. The summed E-state index contributed by atoms with van der Waals surface area (Å²) in [5.41, 5.74) is 1.82. The van der Waals surface area contributed by atoms with Gasteiger partial charge in [0, 0.05) is 17.5 Å². The zero-order valence-electron chi connectivity index (χ0n) is 15.5. The second kappa shape index (κ2) is 6.90. The molecule has 3 nitrogen and oxygen atoms in total. The fourth-order valence-corrected chi connectivity index (χ4v) is 8.43. The molecule has 0 N–H and O–H groups in total. The van der Waals surface area contributed by atoms with Crippen molar-refractivity contribution in [2.45, 2.75) is 42.2 Å². The average Bonchev–Trinajstić information content (AvgIpc) is 3.22. The molecule has 1 aromatic carbocycles. The first kappa shape index (κ1) is 17.9. The van der Waals surface area contributed by atoms with Crippen LogP contribution >= 0.6 is 23.5 Å². The first-order valence-corrected chi connectivity index (χ1v) is 11.3. The standard InChI is InChI=1S/C20H29NO2S2/c1-21-9-8-19(6-7-20(14-18(19)21)24-10-11-25-20)13-15-4-5-16(22-2)17(12-15)23-3/h4-5,12,18H,6-11,13-14H2,1-3H3/t18-,19-/m0/s1.